The molecule has 4 aliphatic carbocycles. The number of rotatable bonds is 2. The SMILES string of the molecule is C[C@@]12CCCC1C1CC=C3C[C@@H](OC(=O)c4ccc(N)cc4)CC[C@]3(C)C1C(=NO)C2. The van der Waals surface area contributed by atoms with Crippen LogP contribution < -0.4 is 5.73 Å². The molecule has 5 nitrogen and oxygen atoms in total. The number of carbonyl (C=O) groups excluding carboxylic acids is 1. The number of carbonyl (C=O) groups is 1. The maximum absolute atomic E-state index is 12.6. The van der Waals surface area contributed by atoms with Gasteiger partial charge >= 0.3 is 5.97 Å². The number of hydrogen-bond donors (Lipinski definition) is 2. The van der Waals surface area contributed by atoms with Crippen LogP contribution in [0.1, 0.15) is 75.6 Å². The molecule has 166 valence electrons. The number of allylic oxidation sites excluding steroid dienone is 1. The molecule has 0 spiro atoms. The van der Waals surface area contributed by atoms with Gasteiger partial charge in [0.05, 0.1) is 11.3 Å². The van der Waals surface area contributed by atoms with Gasteiger partial charge in [-0.1, -0.05) is 37.1 Å². The normalized spacial score (nSPS) is 40.5. The van der Waals surface area contributed by atoms with Gasteiger partial charge in [0, 0.05) is 18.0 Å². The predicted octanol–water partition coefficient (Wildman–Crippen LogP) is 5.59. The Labute approximate surface area is 184 Å². The average Bonchev–Trinajstić information content (AvgIpc) is 3.15. The lowest BCUT2D eigenvalue weighted by Gasteiger charge is -2.57. The van der Waals surface area contributed by atoms with Gasteiger partial charge in [-0.2, -0.15) is 0 Å². The first-order valence-electron chi connectivity index (χ1n) is 11.8. The van der Waals surface area contributed by atoms with Crippen molar-refractivity contribution >= 4 is 17.4 Å². The highest BCUT2D eigenvalue weighted by Gasteiger charge is 2.58. The first kappa shape index (κ1) is 20.6. The van der Waals surface area contributed by atoms with Crippen LogP contribution in [0.25, 0.3) is 0 Å². The van der Waals surface area contributed by atoms with E-state index in [1.165, 1.54) is 24.8 Å². The molecule has 0 radical (unpaired) electrons. The molecule has 3 fully saturated rings. The topological polar surface area (TPSA) is 84.9 Å². The fourth-order valence-electron chi connectivity index (χ4n) is 7.54. The smallest absolute Gasteiger partial charge is 0.338 e. The van der Waals surface area contributed by atoms with Crippen LogP contribution in [0.2, 0.25) is 0 Å². The van der Waals surface area contributed by atoms with Gasteiger partial charge in [-0.15, -0.1) is 0 Å². The lowest BCUT2D eigenvalue weighted by atomic mass is 9.47. The summed E-state index contributed by atoms with van der Waals surface area (Å²) in [5.74, 6) is 1.32. The van der Waals surface area contributed by atoms with Gasteiger partial charge in [-0.05, 0) is 85.5 Å². The van der Waals surface area contributed by atoms with Crippen molar-refractivity contribution in [2.75, 3.05) is 5.73 Å². The maximum Gasteiger partial charge on any atom is 0.338 e. The van der Waals surface area contributed by atoms with Crippen molar-refractivity contribution in [1.82, 2.24) is 0 Å². The second-order valence-electron chi connectivity index (χ2n) is 10.8. The molecule has 1 aromatic rings. The van der Waals surface area contributed by atoms with Gasteiger partial charge in [0.2, 0.25) is 0 Å². The molecule has 4 aliphatic rings. The third kappa shape index (κ3) is 3.28. The number of fused-ring (bicyclic) bond motifs is 5. The van der Waals surface area contributed by atoms with Crippen molar-refractivity contribution in [2.45, 2.75) is 71.3 Å². The number of benzene rings is 1. The summed E-state index contributed by atoms with van der Waals surface area (Å²) < 4.78 is 5.89. The first-order chi connectivity index (χ1) is 14.8. The average molecular weight is 423 g/mol. The van der Waals surface area contributed by atoms with E-state index in [2.05, 4.69) is 25.1 Å². The molecule has 31 heavy (non-hydrogen) atoms. The minimum absolute atomic E-state index is 0.00148. The largest absolute Gasteiger partial charge is 0.458 e. The highest BCUT2D eigenvalue weighted by molar-refractivity contribution is 5.90. The summed E-state index contributed by atoms with van der Waals surface area (Å²) in [6, 6.07) is 6.90. The van der Waals surface area contributed by atoms with Gasteiger partial charge in [-0.25, -0.2) is 4.79 Å². The molecule has 3 N–H and O–H groups in total. The van der Waals surface area contributed by atoms with Crippen LogP contribution in [0.5, 0.6) is 0 Å². The monoisotopic (exact) mass is 422 g/mol. The number of anilines is 1. The van der Waals surface area contributed by atoms with Crippen molar-refractivity contribution in [1.29, 1.82) is 0 Å². The Morgan fingerprint density at radius 2 is 1.97 bits per heavy atom. The molecule has 0 aliphatic heterocycles. The van der Waals surface area contributed by atoms with Gasteiger partial charge in [0.15, 0.2) is 0 Å². The lowest BCUT2D eigenvalue weighted by molar-refractivity contribution is -0.00102. The molecule has 1 aromatic carbocycles. The zero-order valence-corrected chi connectivity index (χ0v) is 18.6. The van der Waals surface area contributed by atoms with Crippen molar-refractivity contribution in [3.05, 3.63) is 41.5 Å². The van der Waals surface area contributed by atoms with Crippen molar-refractivity contribution in [2.24, 2.45) is 33.7 Å². The molecular formula is C26H34N2O3. The second kappa shape index (κ2) is 7.39. The molecule has 0 aromatic heterocycles. The zero-order chi connectivity index (χ0) is 21.8. The van der Waals surface area contributed by atoms with E-state index in [9.17, 15) is 10.0 Å². The van der Waals surface area contributed by atoms with Crippen LogP contribution >= 0.6 is 0 Å². The first-order valence-corrected chi connectivity index (χ1v) is 11.8. The summed E-state index contributed by atoms with van der Waals surface area (Å²) in [7, 11) is 0. The molecule has 0 bridgehead atoms. The summed E-state index contributed by atoms with van der Waals surface area (Å²) >= 11 is 0. The standard InChI is InChI=1S/C26H34N2O3/c1-25-12-3-4-21(25)20-10-7-17-14-19(31-24(29)16-5-8-18(27)9-6-16)11-13-26(17,2)23(20)22(15-25)28-30/h5-9,19-21,23,30H,3-4,10-15,27H2,1-2H3/t19-,20?,21?,23?,25-,26-/m0/s1. The minimum atomic E-state index is -0.278. The van der Waals surface area contributed by atoms with Crippen LogP contribution in [-0.2, 0) is 4.74 Å². The molecule has 0 amide bonds. The van der Waals surface area contributed by atoms with Gasteiger partial charge in [0.25, 0.3) is 0 Å². The van der Waals surface area contributed by atoms with Crippen LogP contribution in [0, 0.1) is 28.6 Å². The second-order valence-corrected chi connectivity index (χ2v) is 10.8. The highest BCUT2D eigenvalue weighted by atomic mass is 16.5. The predicted molar refractivity (Wildman–Crippen MR) is 121 cm³/mol. The van der Waals surface area contributed by atoms with Crippen LogP contribution in [0.4, 0.5) is 5.69 Å². The van der Waals surface area contributed by atoms with Crippen molar-refractivity contribution < 1.29 is 14.7 Å². The van der Waals surface area contributed by atoms with Crippen LogP contribution in [0.3, 0.4) is 0 Å². The van der Waals surface area contributed by atoms with Crippen molar-refractivity contribution in [3.63, 3.8) is 0 Å². The summed E-state index contributed by atoms with van der Waals surface area (Å²) in [5.41, 5.74) is 9.59. The summed E-state index contributed by atoms with van der Waals surface area (Å²) in [6.45, 7) is 4.76. The Kier molecular flexibility index (Phi) is 4.91. The Morgan fingerprint density at radius 1 is 1.19 bits per heavy atom. The van der Waals surface area contributed by atoms with Gasteiger partial charge in [0.1, 0.15) is 6.10 Å². The number of nitrogens with zero attached hydrogens (tertiary/aromatic N) is 1. The van der Waals surface area contributed by atoms with E-state index in [4.69, 9.17) is 10.5 Å². The quantitative estimate of drug-likeness (QED) is 0.214. The van der Waals surface area contributed by atoms with E-state index in [0.717, 1.165) is 43.7 Å². The molecular weight excluding hydrogens is 388 g/mol. The van der Waals surface area contributed by atoms with Crippen LogP contribution in [0.15, 0.2) is 41.1 Å². The van der Waals surface area contributed by atoms with E-state index >= 15 is 0 Å². The fourth-order valence-corrected chi connectivity index (χ4v) is 7.54. The van der Waals surface area contributed by atoms with Gasteiger partial charge < -0.3 is 15.7 Å². The molecule has 0 saturated heterocycles. The summed E-state index contributed by atoms with van der Waals surface area (Å²) in [5, 5.41) is 13.9. The third-order valence-corrected chi connectivity index (χ3v) is 9.09. The third-order valence-electron chi connectivity index (χ3n) is 9.09. The Bertz CT molecular complexity index is 936. The zero-order valence-electron chi connectivity index (χ0n) is 18.6. The number of nitrogens with two attached hydrogens (primary N) is 1. The lowest BCUT2D eigenvalue weighted by Crippen LogP contribution is -2.53. The van der Waals surface area contributed by atoms with E-state index in [0.29, 0.717) is 23.1 Å². The molecule has 3 unspecified atom stereocenters. The maximum atomic E-state index is 12.6. The molecule has 5 rings (SSSR count). The molecule has 6 atom stereocenters. The number of nitrogen functional groups attached to an aromatic ring is 1. The number of hydrogen-bond acceptors (Lipinski definition) is 5. The van der Waals surface area contributed by atoms with E-state index < -0.39 is 0 Å². The Balaban J connectivity index is 1.36. The number of ether oxygens (including phenoxy) is 1. The number of esters is 1. The highest BCUT2D eigenvalue weighted by Crippen LogP contribution is 2.64. The molecule has 0 heterocycles. The van der Waals surface area contributed by atoms with Gasteiger partial charge in [-0.3, -0.25) is 0 Å². The molecule has 3 saturated carbocycles. The van der Waals surface area contributed by atoms with Crippen molar-refractivity contribution in [3.8, 4) is 0 Å². The Hall–Kier alpha value is -2.30. The summed E-state index contributed by atoms with van der Waals surface area (Å²) in [4.78, 5) is 12.6. The summed E-state index contributed by atoms with van der Waals surface area (Å²) in [6.07, 6.45) is 10.7. The minimum Gasteiger partial charge on any atom is -0.458 e. The van der Waals surface area contributed by atoms with Crippen LogP contribution in [-0.4, -0.2) is 23.0 Å². The van der Waals surface area contributed by atoms with E-state index in [1.54, 1.807) is 24.3 Å². The Morgan fingerprint density at radius 3 is 2.71 bits per heavy atom. The van der Waals surface area contributed by atoms with E-state index in [-0.39, 0.29) is 22.9 Å². The van der Waals surface area contributed by atoms with E-state index in [1.807, 2.05) is 0 Å². The molecule has 5 heteroatoms. The fraction of sp³-hybridized carbons (Fsp3) is 0.615. The number of oxime groups is 1.